The van der Waals surface area contributed by atoms with Crippen LogP contribution in [0.25, 0.3) is 0 Å². The van der Waals surface area contributed by atoms with Crippen LogP contribution in [0.1, 0.15) is 31.0 Å². The molecule has 1 N–H and O–H groups in total. The van der Waals surface area contributed by atoms with E-state index in [2.05, 4.69) is 5.10 Å². The van der Waals surface area contributed by atoms with Crippen LogP contribution < -0.4 is 4.74 Å². The van der Waals surface area contributed by atoms with Crippen molar-refractivity contribution in [2.75, 3.05) is 0 Å². The molecule has 0 saturated heterocycles. The Morgan fingerprint density at radius 2 is 2.05 bits per heavy atom. The number of carboxylic acid groups (broad SMARTS) is 1. The fourth-order valence-corrected chi connectivity index (χ4v) is 1.87. The topological polar surface area (TPSA) is 64.3 Å². The number of aromatic nitrogens is 2. The van der Waals surface area contributed by atoms with Crippen LogP contribution in [0.3, 0.4) is 0 Å². The Bertz CT molecular complexity index is 590. The SMILES string of the molecule is CC(C)n1cc(OCc2ccccc2CC(=O)O)cn1. The summed E-state index contributed by atoms with van der Waals surface area (Å²) >= 11 is 0. The third-order valence-corrected chi connectivity index (χ3v) is 2.96. The van der Waals surface area contributed by atoms with Crippen LogP contribution in [-0.2, 0) is 17.8 Å². The molecule has 106 valence electrons. The van der Waals surface area contributed by atoms with Crippen molar-refractivity contribution in [1.82, 2.24) is 9.78 Å². The van der Waals surface area contributed by atoms with E-state index in [1.807, 2.05) is 49.0 Å². The summed E-state index contributed by atoms with van der Waals surface area (Å²) in [4.78, 5) is 10.8. The molecule has 0 atom stereocenters. The van der Waals surface area contributed by atoms with E-state index in [-0.39, 0.29) is 12.5 Å². The lowest BCUT2D eigenvalue weighted by molar-refractivity contribution is -0.136. The maximum atomic E-state index is 10.8. The maximum Gasteiger partial charge on any atom is 0.307 e. The smallest absolute Gasteiger partial charge is 0.307 e. The number of hydrogen-bond donors (Lipinski definition) is 1. The molecule has 2 aromatic rings. The highest BCUT2D eigenvalue weighted by atomic mass is 16.5. The van der Waals surface area contributed by atoms with E-state index in [4.69, 9.17) is 9.84 Å². The normalized spacial score (nSPS) is 10.8. The molecule has 0 aliphatic heterocycles. The number of carboxylic acids is 1. The zero-order chi connectivity index (χ0) is 14.5. The number of ether oxygens (including phenoxy) is 1. The van der Waals surface area contributed by atoms with Gasteiger partial charge in [-0.15, -0.1) is 0 Å². The molecular formula is C15H18N2O3. The second-order valence-corrected chi connectivity index (χ2v) is 4.88. The minimum Gasteiger partial charge on any atom is -0.486 e. The molecule has 0 spiro atoms. The van der Waals surface area contributed by atoms with Gasteiger partial charge in [0.1, 0.15) is 6.61 Å². The van der Waals surface area contributed by atoms with Crippen molar-refractivity contribution in [1.29, 1.82) is 0 Å². The van der Waals surface area contributed by atoms with Crippen molar-refractivity contribution in [3.05, 3.63) is 47.8 Å². The second-order valence-electron chi connectivity index (χ2n) is 4.88. The molecule has 1 heterocycles. The third-order valence-electron chi connectivity index (χ3n) is 2.96. The summed E-state index contributed by atoms with van der Waals surface area (Å²) in [5.41, 5.74) is 1.66. The van der Waals surface area contributed by atoms with E-state index >= 15 is 0 Å². The summed E-state index contributed by atoms with van der Waals surface area (Å²) in [6.07, 6.45) is 3.51. The fourth-order valence-electron chi connectivity index (χ4n) is 1.87. The Kier molecular flexibility index (Phi) is 4.40. The summed E-state index contributed by atoms with van der Waals surface area (Å²) in [5, 5.41) is 13.1. The van der Waals surface area contributed by atoms with Gasteiger partial charge in [0.15, 0.2) is 5.75 Å². The highest BCUT2D eigenvalue weighted by Crippen LogP contribution is 2.16. The lowest BCUT2D eigenvalue weighted by Gasteiger charge is -2.08. The largest absolute Gasteiger partial charge is 0.486 e. The Morgan fingerprint density at radius 1 is 1.35 bits per heavy atom. The highest BCUT2D eigenvalue weighted by Gasteiger charge is 2.08. The van der Waals surface area contributed by atoms with Gasteiger partial charge in [-0.3, -0.25) is 9.48 Å². The van der Waals surface area contributed by atoms with Crippen molar-refractivity contribution in [3.63, 3.8) is 0 Å². The second kappa shape index (κ2) is 6.23. The highest BCUT2D eigenvalue weighted by molar-refractivity contribution is 5.70. The number of aliphatic carboxylic acids is 1. The van der Waals surface area contributed by atoms with Crippen LogP contribution in [0.4, 0.5) is 0 Å². The molecule has 0 unspecified atom stereocenters. The first kappa shape index (κ1) is 14.1. The molecule has 1 aromatic carbocycles. The van der Waals surface area contributed by atoms with Crippen LogP contribution in [-0.4, -0.2) is 20.9 Å². The molecule has 0 aliphatic carbocycles. The predicted octanol–water partition coefficient (Wildman–Crippen LogP) is 2.67. The average Bonchev–Trinajstić information content (AvgIpc) is 2.86. The number of carbonyl (C=O) groups is 1. The number of nitrogens with zero attached hydrogens (tertiary/aromatic N) is 2. The molecular weight excluding hydrogens is 256 g/mol. The van der Waals surface area contributed by atoms with Gasteiger partial charge in [0.2, 0.25) is 0 Å². The van der Waals surface area contributed by atoms with Gasteiger partial charge in [0.05, 0.1) is 18.8 Å². The predicted molar refractivity (Wildman–Crippen MR) is 74.7 cm³/mol. The Balaban J connectivity index is 2.04. The van der Waals surface area contributed by atoms with Gasteiger partial charge < -0.3 is 9.84 Å². The molecule has 1 aromatic heterocycles. The Hall–Kier alpha value is -2.30. The van der Waals surface area contributed by atoms with Crippen molar-refractivity contribution in [2.24, 2.45) is 0 Å². The maximum absolute atomic E-state index is 10.8. The molecule has 0 radical (unpaired) electrons. The van der Waals surface area contributed by atoms with Gasteiger partial charge in [-0.1, -0.05) is 24.3 Å². The molecule has 5 nitrogen and oxygen atoms in total. The monoisotopic (exact) mass is 274 g/mol. The van der Waals surface area contributed by atoms with Gasteiger partial charge >= 0.3 is 5.97 Å². The van der Waals surface area contributed by atoms with E-state index < -0.39 is 5.97 Å². The first-order valence-corrected chi connectivity index (χ1v) is 6.52. The van der Waals surface area contributed by atoms with Crippen molar-refractivity contribution in [3.8, 4) is 5.75 Å². The van der Waals surface area contributed by atoms with E-state index in [1.54, 1.807) is 6.20 Å². The molecule has 20 heavy (non-hydrogen) atoms. The van der Waals surface area contributed by atoms with Crippen molar-refractivity contribution >= 4 is 5.97 Å². The van der Waals surface area contributed by atoms with Crippen molar-refractivity contribution < 1.29 is 14.6 Å². The minimum atomic E-state index is -0.843. The lowest BCUT2D eigenvalue weighted by atomic mass is 10.1. The summed E-state index contributed by atoms with van der Waals surface area (Å²) in [6, 6.07) is 7.68. The molecule has 0 bridgehead atoms. The molecule has 0 fully saturated rings. The van der Waals surface area contributed by atoms with Crippen LogP contribution >= 0.6 is 0 Å². The van der Waals surface area contributed by atoms with Crippen LogP contribution in [0.2, 0.25) is 0 Å². The Morgan fingerprint density at radius 3 is 2.65 bits per heavy atom. The van der Waals surface area contributed by atoms with Crippen LogP contribution in [0.5, 0.6) is 5.75 Å². The van der Waals surface area contributed by atoms with E-state index in [0.29, 0.717) is 12.4 Å². The molecule has 5 heteroatoms. The van der Waals surface area contributed by atoms with Crippen molar-refractivity contribution in [2.45, 2.75) is 32.9 Å². The zero-order valence-corrected chi connectivity index (χ0v) is 11.6. The van der Waals surface area contributed by atoms with Gasteiger partial charge in [-0.2, -0.15) is 5.10 Å². The molecule has 0 amide bonds. The van der Waals surface area contributed by atoms with E-state index in [9.17, 15) is 4.79 Å². The average molecular weight is 274 g/mol. The quantitative estimate of drug-likeness (QED) is 0.879. The first-order chi connectivity index (χ1) is 9.56. The van der Waals surface area contributed by atoms with Gasteiger partial charge in [-0.25, -0.2) is 0 Å². The number of rotatable bonds is 6. The summed E-state index contributed by atoms with van der Waals surface area (Å²) in [5.74, 6) is -0.158. The molecule has 2 rings (SSSR count). The first-order valence-electron chi connectivity index (χ1n) is 6.52. The van der Waals surface area contributed by atoms with E-state index in [1.165, 1.54) is 0 Å². The summed E-state index contributed by atoms with van der Waals surface area (Å²) in [6.45, 7) is 4.42. The Labute approximate surface area is 117 Å². The fraction of sp³-hybridized carbons (Fsp3) is 0.333. The standard InChI is InChI=1S/C15H18N2O3/c1-11(2)17-9-14(8-16-17)20-10-13-6-4-3-5-12(13)7-15(18)19/h3-6,8-9,11H,7,10H2,1-2H3,(H,18,19). The third kappa shape index (κ3) is 3.60. The van der Waals surface area contributed by atoms with Gasteiger partial charge in [-0.05, 0) is 25.0 Å². The molecule has 0 saturated carbocycles. The number of hydrogen-bond acceptors (Lipinski definition) is 3. The minimum absolute atomic E-state index is 0.00475. The van der Waals surface area contributed by atoms with Crippen LogP contribution in [0.15, 0.2) is 36.7 Å². The summed E-state index contributed by atoms with van der Waals surface area (Å²) in [7, 11) is 0. The van der Waals surface area contributed by atoms with Gasteiger partial charge in [0, 0.05) is 6.04 Å². The van der Waals surface area contributed by atoms with Crippen LogP contribution in [0, 0.1) is 0 Å². The summed E-state index contributed by atoms with van der Waals surface area (Å²) < 4.78 is 7.49. The lowest BCUT2D eigenvalue weighted by Crippen LogP contribution is -2.05. The molecule has 0 aliphatic rings. The van der Waals surface area contributed by atoms with Gasteiger partial charge in [0.25, 0.3) is 0 Å². The zero-order valence-electron chi connectivity index (χ0n) is 11.6. The van der Waals surface area contributed by atoms with E-state index in [0.717, 1.165) is 11.1 Å². The number of benzene rings is 1.